The molecule has 0 radical (unpaired) electrons. The van der Waals surface area contributed by atoms with E-state index in [4.69, 9.17) is 4.74 Å². The van der Waals surface area contributed by atoms with Crippen LogP contribution in [0.3, 0.4) is 0 Å². The van der Waals surface area contributed by atoms with Crippen molar-refractivity contribution in [1.82, 2.24) is 19.9 Å². The quantitative estimate of drug-likeness (QED) is 0.491. The lowest BCUT2D eigenvalue weighted by Gasteiger charge is -2.11. The van der Waals surface area contributed by atoms with Gasteiger partial charge in [-0.05, 0) is 18.4 Å². The van der Waals surface area contributed by atoms with E-state index in [2.05, 4.69) is 15.3 Å². The number of aromatic nitrogens is 3. The topological polar surface area (TPSA) is 89.0 Å². The van der Waals surface area contributed by atoms with Gasteiger partial charge in [-0.15, -0.1) is 0 Å². The molecule has 3 heterocycles. The maximum absolute atomic E-state index is 12.7. The molecule has 3 aromatic rings. The molecule has 1 amide bonds. The van der Waals surface area contributed by atoms with Gasteiger partial charge >= 0.3 is 0 Å². The molecule has 0 aliphatic carbocycles. The first-order chi connectivity index (χ1) is 13.6. The Morgan fingerprint density at radius 3 is 2.96 bits per heavy atom. The molecule has 146 valence electrons. The van der Waals surface area contributed by atoms with Crippen LogP contribution in [-0.2, 0) is 16.6 Å². The summed E-state index contributed by atoms with van der Waals surface area (Å²) in [7, 11) is 1.67. The molecule has 1 aliphatic rings. The molecule has 0 saturated carbocycles. The lowest BCUT2D eigenvalue weighted by molar-refractivity contribution is -0.119. The zero-order valence-electron chi connectivity index (χ0n) is 15.6. The minimum absolute atomic E-state index is 0.0906. The van der Waals surface area contributed by atoms with Crippen LogP contribution in [0.1, 0.15) is 12.8 Å². The van der Waals surface area contributed by atoms with Gasteiger partial charge in [0.25, 0.3) is 5.56 Å². The zero-order chi connectivity index (χ0) is 19.5. The smallest absolute Gasteiger partial charge is 0.278 e. The number of nitrogens with zero attached hydrogens (tertiary/aromatic N) is 2. The molecular weight excluding hydrogens is 376 g/mol. The van der Waals surface area contributed by atoms with E-state index in [0.29, 0.717) is 22.7 Å². The number of amides is 1. The molecule has 1 aromatic carbocycles. The number of rotatable bonds is 6. The first-order valence-corrected chi connectivity index (χ1v) is 10.3. The van der Waals surface area contributed by atoms with Crippen LogP contribution < -0.4 is 10.9 Å². The third-order valence-corrected chi connectivity index (χ3v) is 5.86. The lowest BCUT2D eigenvalue weighted by atomic mass is 10.1. The molecule has 1 fully saturated rings. The Balaban J connectivity index is 1.52. The van der Waals surface area contributed by atoms with Crippen molar-refractivity contribution in [3.63, 3.8) is 0 Å². The Morgan fingerprint density at radius 2 is 2.21 bits per heavy atom. The van der Waals surface area contributed by atoms with Crippen molar-refractivity contribution in [2.24, 2.45) is 7.05 Å². The van der Waals surface area contributed by atoms with Crippen LogP contribution in [0.25, 0.3) is 22.2 Å². The van der Waals surface area contributed by atoms with Crippen molar-refractivity contribution in [1.29, 1.82) is 0 Å². The summed E-state index contributed by atoms with van der Waals surface area (Å²) in [6, 6.07) is 9.80. The van der Waals surface area contributed by atoms with E-state index < -0.39 is 0 Å². The summed E-state index contributed by atoms with van der Waals surface area (Å²) in [4.78, 5) is 32.6. The second-order valence-corrected chi connectivity index (χ2v) is 7.72. The van der Waals surface area contributed by atoms with Crippen LogP contribution in [-0.4, -0.2) is 45.5 Å². The van der Waals surface area contributed by atoms with Crippen molar-refractivity contribution in [2.45, 2.75) is 24.1 Å². The van der Waals surface area contributed by atoms with Gasteiger partial charge in [0, 0.05) is 32.0 Å². The number of hydrogen-bond donors (Lipinski definition) is 2. The number of hydrogen-bond acceptors (Lipinski definition) is 5. The van der Waals surface area contributed by atoms with E-state index >= 15 is 0 Å². The van der Waals surface area contributed by atoms with Crippen LogP contribution in [0.4, 0.5) is 0 Å². The molecule has 28 heavy (non-hydrogen) atoms. The highest BCUT2D eigenvalue weighted by Crippen LogP contribution is 2.27. The Bertz CT molecular complexity index is 1040. The van der Waals surface area contributed by atoms with Gasteiger partial charge in [-0.3, -0.25) is 14.2 Å². The third kappa shape index (κ3) is 3.83. The van der Waals surface area contributed by atoms with E-state index in [0.717, 1.165) is 30.6 Å². The lowest BCUT2D eigenvalue weighted by Crippen LogP contribution is -2.33. The van der Waals surface area contributed by atoms with E-state index in [-0.39, 0.29) is 23.3 Å². The van der Waals surface area contributed by atoms with E-state index in [1.807, 2.05) is 30.3 Å². The minimum atomic E-state index is -0.158. The number of fused-ring (bicyclic) bond motifs is 1. The summed E-state index contributed by atoms with van der Waals surface area (Å²) in [5.41, 5.74) is 2.79. The largest absolute Gasteiger partial charge is 0.376 e. The van der Waals surface area contributed by atoms with Gasteiger partial charge in [0.15, 0.2) is 5.16 Å². The monoisotopic (exact) mass is 398 g/mol. The SMILES string of the molecule is Cn1c(SCC(=O)NC[C@@H]2CCCO2)nc2c(-c3ccccc3)c[nH]c2c1=O. The predicted molar refractivity (Wildman–Crippen MR) is 109 cm³/mol. The maximum atomic E-state index is 12.7. The fourth-order valence-electron chi connectivity index (χ4n) is 3.30. The molecular formula is C20H22N4O3S. The standard InChI is InChI=1S/C20H22N4O3S/c1-24-19(26)18-17(15(11-22-18)13-6-3-2-4-7-13)23-20(24)28-12-16(25)21-10-14-8-5-9-27-14/h2-4,6-7,11,14,22H,5,8-10,12H2,1H3,(H,21,25)/t14-/m0/s1. The van der Waals surface area contributed by atoms with Crippen molar-refractivity contribution in [3.8, 4) is 11.1 Å². The van der Waals surface area contributed by atoms with Gasteiger partial charge in [-0.25, -0.2) is 4.98 Å². The number of carbonyl (C=O) groups excluding carboxylic acids is 1. The van der Waals surface area contributed by atoms with E-state index in [9.17, 15) is 9.59 Å². The average Bonchev–Trinajstić information content (AvgIpc) is 3.38. The zero-order valence-corrected chi connectivity index (χ0v) is 16.4. The molecule has 1 atom stereocenters. The van der Waals surface area contributed by atoms with Gasteiger partial charge in [-0.1, -0.05) is 42.1 Å². The predicted octanol–water partition coefficient (Wildman–Crippen LogP) is 2.32. The third-order valence-electron chi connectivity index (χ3n) is 4.83. The van der Waals surface area contributed by atoms with Crippen molar-refractivity contribution < 1.29 is 9.53 Å². The number of nitrogens with one attached hydrogen (secondary N) is 2. The Labute approximate surface area is 166 Å². The number of carbonyl (C=O) groups is 1. The van der Waals surface area contributed by atoms with Crippen molar-refractivity contribution in [3.05, 3.63) is 46.9 Å². The average molecular weight is 398 g/mol. The van der Waals surface area contributed by atoms with Crippen LogP contribution in [0, 0.1) is 0 Å². The first kappa shape index (κ1) is 18.8. The number of H-pyrrole nitrogens is 1. The Morgan fingerprint density at radius 1 is 1.39 bits per heavy atom. The minimum Gasteiger partial charge on any atom is -0.376 e. The van der Waals surface area contributed by atoms with Crippen LogP contribution >= 0.6 is 11.8 Å². The van der Waals surface area contributed by atoms with Crippen molar-refractivity contribution in [2.75, 3.05) is 18.9 Å². The second-order valence-electron chi connectivity index (χ2n) is 6.78. The summed E-state index contributed by atoms with van der Waals surface area (Å²) in [6.07, 6.45) is 3.94. The highest BCUT2D eigenvalue weighted by Gasteiger charge is 2.18. The number of aromatic amines is 1. The number of benzene rings is 1. The molecule has 1 saturated heterocycles. The fourth-order valence-corrected chi connectivity index (χ4v) is 4.10. The van der Waals surface area contributed by atoms with E-state index in [1.165, 1.54) is 16.3 Å². The van der Waals surface area contributed by atoms with Crippen molar-refractivity contribution >= 4 is 28.7 Å². The number of thioether (sulfide) groups is 1. The van der Waals surface area contributed by atoms with Gasteiger partial charge < -0.3 is 15.0 Å². The summed E-state index contributed by atoms with van der Waals surface area (Å²) in [5.74, 6) is 0.107. The van der Waals surface area contributed by atoms with Crippen LogP contribution in [0.2, 0.25) is 0 Å². The van der Waals surface area contributed by atoms with E-state index in [1.54, 1.807) is 13.2 Å². The molecule has 0 unspecified atom stereocenters. The number of ether oxygens (including phenoxy) is 1. The Hall–Kier alpha value is -2.58. The summed E-state index contributed by atoms with van der Waals surface area (Å²) in [6.45, 7) is 1.29. The second kappa shape index (κ2) is 8.20. The maximum Gasteiger partial charge on any atom is 0.278 e. The highest BCUT2D eigenvalue weighted by atomic mass is 32.2. The molecule has 2 N–H and O–H groups in total. The Kier molecular flexibility index (Phi) is 5.50. The molecule has 0 bridgehead atoms. The molecule has 0 spiro atoms. The molecule has 7 nitrogen and oxygen atoms in total. The van der Waals surface area contributed by atoms with Gasteiger partial charge in [0.1, 0.15) is 11.0 Å². The van der Waals surface area contributed by atoms with Crippen LogP contribution in [0.15, 0.2) is 46.5 Å². The first-order valence-electron chi connectivity index (χ1n) is 9.28. The summed E-state index contributed by atoms with van der Waals surface area (Å²) >= 11 is 1.26. The van der Waals surface area contributed by atoms with Crippen LogP contribution in [0.5, 0.6) is 0 Å². The molecule has 8 heteroatoms. The molecule has 2 aromatic heterocycles. The highest BCUT2D eigenvalue weighted by molar-refractivity contribution is 7.99. The molecule has 1 aliphatic heterocycles. The summed E-state index contributed by atoms with van der Waals surface area (Å²) in [5, 5.41) is 3.41. The normalized spacial score (nSPS) is 16.5. The van der Waals surface area contributed by atoms with Gasteiger partial charge in [-0.2, -0.15) is 0 Å². The fraction of sp³-hybridized carbons (Fsp3) is 0.350. The molecule has 4 rings (SSSR count). The van der Waals surface area contributed by atoms with Gasteiger partial charge in [0.05, 0.1) is 11.9 Å². The van der Waals surface area contributed by atoms with Gasteiger partial charge in [0.2, 0.25) is 5.91 Å². The summed E-state index contributed by atoms with van der Waals surface area (Å²) < 4.78 is 6.99.